The average Bonchev–Trinajstić information content (AvgIpc) is 1.66. The predicted octanol–water partition coefficient (Wildman–Crippen LogP) is 5.13. The number of nitrogens with one attached hydrogen (secondary N) is 6. The summed E-state index contributed by atoms with van der Waals surface area (Å²) in [5, 5.41) is 41.4. The number of hydroxylamine groups is 3. The molecule has 37 heteroatoms. The van der Waals surface area contributed by atoms with E-state index in [0.717, 1.165) is 127 Å². The molecule has 8 aromatic heterocycles. The number of amides is 3. The molecule has 0 saturated carbocycles. The van der Waals surface area contributed by atoms with E-state index in [9.17, 15) is 28.8 Å². The number of aromatic amines is 3. The Labute approximate surface area is 651 Å². The molecule has 5 unspecified atom stereocenters. The summed E-state index contributed by atoms with van der Waals surface area (Å²) in [7, 11) is 0. The van der Waals surface area contributed by atoms with Gasteiger partial charge in [0.05, 0.1) is 60.5 Å². The Morgan fingerprint density at radius 2 is 0.912 bits per heavy atom. The summed E-state index contributed by atoms with van der Waals surface area (Å²) in [5.74, 6) is 2.50. The van der Waals surface area contributed by atoms with Crippen LogP contribution in [0.2, 0.25) is 0 Å². The van der Waals surface area contributed by atoms with Gasteiger partial charge in [0.2, 0.25) is 17.8 Å². The van der Waals surface area contributed by atoms with Gasteiger partial charge in [0.25, 0.3) is 28.5 Å². The van der Waals surface area contributed by atoms with Crippen molar-refractivity contribution in [3.63, 3.8) is 0 Å². The summed E-state index contributed by atoms with van der Waals surface area (Å²) in [6.07, 6.45) is 19.9. The number of rotatable bonds is 18. The van der Waals surface area contributed by atoms with Crippen molar-refractivity contribution in [2.24, 2.45) is 17.8 Å². The molecule has 0 aliphatic carbocycles. The van der Waals surface area contributed by atoms with Gasteiger partial charge in [-0.2, -0.15) is 15.3 Å². The summed E-state index contributed by atoms with van der Waals surface area (Å²) >= 11 is 0. The van der Waals surface area contributed by atoms with Crippen LogP contribution in [0.4, 0.5) is 11.9 Å². The molecule has 8 aliphatic heterocycles. The number of H-pyrrole nitrogens is 3. The topological polar surface area (TPSA) is 443 Å². The van der Waals surface area contributed by atoms with Gasteiger partial charge in [-0.05, 0) is 101 Å². The third-order valence-corrected chi connectivity index (χ3v) is 23.1. The van der Waals surface area contributed by atoms with Crippen LogP contribution in [-0.2, 0) is 36.8 Å². The van der Waals surface area contributed by atoms with Crippen molar-refractivity contribution in [1.29, 1.82) is 0 Å². The van der Waals surface area contributed by atoms with Crippen LogP contribution >= 0.6 is 0 Å². The number of hydrogen-bond donors (Lipinski definition) is 9. The number of ether oxygens (including phenoxy) is 4. The van der Waals surface area contributed by atoms with E-state index in [0.29, 0.717) is 146 Å². The van der Waals surface area contributed by atoms with Crippen molar-refractivity contribution in [2.45, 2.75) is 161 Å². The molecule has 37 nitrogen and oxygen atoms in total. The predicted molar refractivity (Wildman–Crippen MR) is 414 cm³/mol. The maximum atomic E-state index is 12.9. The highest BCUT2D eigenvalue weighted by atomic mass is 16.5. The van der Waals surface area contributed by atoms with Crippen molar-refractivity contribution >= 4 is 62.7 Å². The van der Waals surface area contributed by atoms with Crippen LogP contribution in [0.3, 0.4) is 0 Å². The molecule has 113 heavy (non-hydrogen) atoms. The molecule has 3 amide bonds. The second-order valence-electron chi connectivity index (χ2n) is 30.5. The molecule has 0 radical (unpaired) electrons. The first kappa shape index (κ1) is 81.1. The smallest absolute Gasteiger partial charge is 0.277 e. The van der Waals surface area contributed by atoms with Gasteiger partial charge in [-0.3, -0.25) is 59.1 Å². The van der Waals surface area contributed by atoms with Crippen LogP contribution in [0.15, 0.2) is 82.0 Å². The highest BCUT2D eigenvalue weighted by Crippen LogP contribution is 2.36. The molecule has 8 saturated heterocycles. The summed E-state index contributed by atoms with van der Waals surface area (Å²) in [6, 6.07) is 7.72. The van der Waals surface area contributed by atoms with Crippen LogP contribution in [0.1, 0.15) is 185 Å². The highest BCUT2D eigenvalue weighted by Gasteiger charge is 2.39. The summed E-state index contributed by atoms with van der Waals surface area (Å²) in [6.45, 7) is 19.8. The molecular weight excluding hydrogens is 1460 g/mol. The number of carbonyl (C=O) groups excluding carboxylic acids is 3. The third kappa shape index (κ3) is 18.2. The van der Waals surface area contributed by atoms with Crippen LogP contribution in [0.25, 0.3) is 33.1 Å². The Balaban J connectivity index is 0.000000147. The van der Waals surface area contributed by atoms with Crippen molar-refractivity contribution < 1.29 is 49.0 Å². The summed E-state index contributed by atoms with van der Waals surface area (Å²) in [5.41, 5.74) is 9.21. The number of likely N-dealkylation sites (tertiary alicyclic amines) is 3. The van der Waals surface area contributed by atoms with Gasteiger partial charge in [-0.25, -0.2) is 65.4 Å². The van der Waals surface area contributed by atoms with Gasteiger partial charge in [0, 0.05) is 172 Å². The second-order valence-corrected chi connectivity index (χ2v) is 30.5. The van der Waals surface area contributed by atoms with E-state index < -0.39 is 11.8 Å². The number of hydrogen-bond acceptors (Lipinski definition) is 28. The third-order valence-electron chi connectivity index (χ3n) is 23.1. The molecule has 0 spiro atoms. The van der Waals surface area contributed by atoms with E-state index in [2.05, 4.69) is 95.5 Å². The minimum Gasteiger partial charge on any atom is -0.381 e. The number of benzene rings is 1. The number of fused-ring (bicyclic) bond motifs is 3. The van der Waals surface area contributed by atoms with Crippen molar-refractivity contribution in [3.8, 4) is 0 Å². The van der Waals surface area contributed by atoms with E-state index in [-0.39, 0.29) is 97.1 Å². The maximum Gasteiger partial charge on any atom is 0.277 e. The first-order valence-corrected chi connectivity index (χ1v) is 38.6. The molecule has 16 heterocycles. The molecule has 5 atom stereocenters. The van der Waals surface area contributed by atoms with E-state index in [1.165, 1.54) is 12.4 Å². The zero-order valence-electron chi connectivity index (χ0n) is 62.5. The molecular formula is C76H104N24O13. The first-order valence-electron chi connectivity index (χ1n) is 38.6. The SMILES string of the molecule is C.C.CC(c1nc2c(cnn2C2CCOCC2)c(=O)[nH]1)N1CC(OC2CCN(c3ncc(C(=O)NO)cn3)CC2)C1.CC1CN(Cc2ccc(C(=O)NO)cc2)CC1c1nc2c(cnn2C2CCOCC2)c(=O)[nH]1.CC1CN(Cc2cnc(N3CCC(C(=O)NO)CC3)nc2)CC1c1nc2c(cnn2C2CCOCC2)c(=O)[nH]1. The molecule has 9 N–H and O–H groups in total. The zero-order chi connectivity index (χ0) is 76.8. The lowest BCUT2D eigenvalue weighted by molar-refractivity contribution is -0.134. The van der Waals surface area contributed by atoms with Crippen LogP contribution < -0.4 is 42.9 Å². The molecule has 8 aliphatic rings. The summed E-state index contributed by atoms with van der Waals surface area (Å²) in [4.78, 5) is 126. The molecule has 1 aromatic carbocycles. The number of aromatic nitrogens is 16. The standard InChI is InChI=1S/C26H35N9O4.C25H33N9O5.C23H28N6O4.2CH4/c1-16-13-33(14-17-10-27-26(28-11-17)34-6-2-18(3-7-34)24(36)32-38)15-21(16)22-30-23-20(25(37)31-22)12-29-35(23)19-4-8-39-9-5-19;1-15(21-29-22-20(24(36)30-21)12-28-34(22)17-4-8-38-9-5-17)33-13-19(14-33)39-18-2-6-32(7-3-18)25-26-10-16(11-27-25)23(35)31-37;1-14-11-28(12-15-2-4-16(5-3-15)22(30)27-32)13-19(14)20-25-21-18(23(31)26-20)10-24-29(21)17-6-8-33-9-7-17;;/h10-12,16,18-19,21,38H,2-9,13-15H2,1H3,(H,32,36)(H,30,31,37);10-12,15,17-19,37H,2-9,13-14H2,1H3,(H,31,35)(H,29,30,36);2-5,10,14,17,19,32H,6-9,11-13H2,1H3,(H,27,30)(H,25,26,31);2*1H4. The fourth-order valence-corrected chi connectivity index (χ4v) is 16.6. The van der Waals surface area contributed by atoms with Crippen LogP contribution in [0, 0.1) is 17.8 Å². The minimum atomic E-state index is -0.637. The second kappa shape index (κ2) is 36.5. The van der Waals surface area contributed by atoms with Crippen LogP contribution in [0.5, 0.6) is 0 Å². The Bertz CT molecular complexity index is 4880. The Kier molecular flexibility index (Phi) is 26.2. The number of piperidine rings is 2. The molecule has 8 fully saturated rings. The van der Waals surface area contributed by atoms with Gasteiger partial charge in [-0.1, -0.05) is 40.8 Å². The quantitative estimate of drug-likeness (QED) is 0.0397. The maximum absolute atomic E-state index is 12.9. The lowest BCUT2D eigenvalue weighted by Gasteiger charge is -2.44. The number of nitrogens with zero attached hydrogens (tertiary/aromatic N) is 18. The highest BCUT2D eigenvalue weighted by molar-refractivity contribution is 5.93. The van der Waals surface area contributed by atoms with E-state index in [1.807, 2.05) is 38.6 Å². The van der Waals surface area contributed by atoms with E-state index in [4.69, 9.17) is 49.5 Å². The lowest BCUT2D eigenvalue weighted by Crippen LogP contribution is -2.55. The van der Waals surface area contributed by atoms with Gasteiger partial charge >= 0.3 is 0 Å². The number of carbonyl (C=O) groups is 3. The van der Waals surface area contributed by atoms with E-state index >= 15 is 0 Å². The molecule has 17 rings (SSSR count). The largest absolute Gasteiger partial charge is 0.381 e. The molecule has 9 aromatic rings. The Morgan fingerprint density at radius 1 is 0.496 bits per heavy atom. The first-order chi connectivity index (χ1) is 54.0. The summed E-state index contributed by atoms with van der Waals surface area (Å²) < 4.78 is 28.5. The van der Waals surface area contributed by atoms with Crippen molar-refractivity contribution in [3.05, 3.63) is 138 Å². The molecule has 0 bridgehead atoms. The van der Waals surface area contributed by atoms with E-state index in [1.54, 1.807) is 47.2 Å². The molecule has 606 valence electrons. The van der Waals surface area contributed by atoms with Gasteiger partial charge in [-0.15, -0.1) is 0 Å². The zero-order valence-corrected chi connectivity index (χ0v) is 62.5. The van der Waals surface area contributed by atoms with Crippen LogP contribution in [-0.4, -0.2) is 245 Å². The van der Waals surface area contributed by atoms with Crippen molar-refractivity contribution in [2.75, 3.05) is 115 Å². The minimum absolute atomic E-state index is 0. The Hall–Kier alpha value is -9.96. The average molecular weight is 1560 g/mol. The van der Waals surface area contributed by atoms with Crippen molar-refractivity contribution in [1.82, 2.24) is 110 Å². The fourth-order valence-electron chi connectivity index (χ4n) is 16.6. The Morgan fingerprint density at radius 3 is 1.36 bits per heavy atom. The fraction of sp³-hybridized carbons (Fsp3) is 0.579. The number of anilines is 2. The van der Waals surface area contributed by atoms with Gasteiger partial charge in [0.15, 0.2) is 16.9 Å². The lowest BCUT2D eigenvalue weighted by atomic mass is 9.96. The van der Waals surface area contributed by atoms with Gasteiger partial charge < -0.3 is 43.7 Å². The van der Waals surface area contributed by atoms with Gasteiger partial charge in [0.1, 0.15) is 33.6 Å². The monoisotopic (exact) mass is 1560 g/mol. The normalized spacial score (nSPS) is 21.7.